The quantitative estimate of drug-likeness (QED) is 0.769. The number of furan rings is 1. The summed E-state index contributed by atoms with van der Waals surface area (Å²) in [4.78, 5) is 16.9. The fraction of sp³-hybridized carbons (Fsp3) is 0.300. The lowest BCUT2D eigenvalue weighted by Gasteiger charge is -2.11. The third kappa shape index (κ3) is 3.04. The molecule has 0 bridgehead atoms. The molecule has 24 heavy (non-hydrogen) atoms. The summed E-state index contributed by atoms with van der Waals surface area (Å²) in [6.45, 7) is 9.97. The minimum Gasteiger partial charge on any atom is -0.464 e. The molecular weight excluding hydrogens is 300 g/mol. The van der Waals surface area contributed by atoms with Crippen molar-refractivity contribution in [3.05, 3.63) is 58.1 Å². The van der Waals surface area contributed by atoms with Crippen LogP contribution in [0.25, 0.3) is 11.0 Å². The Labute approximate surface area is 141 Å². The zero-order chi connectivity index (χ0) is 17.4. The number of carbonyl (C=O) groups excluding carboxylic acids is 1. The number of amides is 1. The van der Waals surface area contributed by atoms with Gasteiger partial charge in [0.25, 0.3) is 0 Å². The lowest BCUT2D eigenvalue weighted by Crippen LogP contribution is -2.16. The summed E-state index contributed by atoms with van der Waals surface area (Å²) in [5.74, 6) is -0.0622. The van der Waals surface area contributed by atoms with Crippen molar-refractivity contribution in [3.8, 4) is 0 Å². The maximum absolute atomic E-state index is 12.5. The molecule has 124 valence electrons. The highest BCUT2D eigenvalue weighted by Gasteiger charge is 2.14. The number of aryl methyl sites for hydroxylation is 5. The number of anilines is 1. The average molecular weight is 322 g/mol. The van der Waals surface area contributed by atoms with E-state index in [1.807, 2.05) is 32.9 Å². The van der Waals surface area contributed by atoms with Crippen LogP contribution in [-0.4, -0.2) is 10.9 Å². The number of hydrogen-bond donors (Lipinski definition) is 1. The second-order valence-corrected chi connectivity index (χ2v) is 6.46. The predicted molar refractivity (Wildman–Crippen MR) is 96.5 cm³/mol. The molecule has 0 unspecified atom stereocenters. The number of hydrogen-bond acceptors (Lipinski definition) is 3. The van der Waals surface area contributed by atoms with E-state index in [-0.39, 0.29) is 12.3 Å². The summed E-state index contributed by atoms with van der Waals surface area (Å²) in [6.07, 6.45) is 1.96. The molecule has 0 spiro atoms. The van der Waals surface area contributed by atoms with E-state index in [9.17, 15) is 4.79 Å². The normalized spacial score (nSPS) is 11.0. The maximum atomic E-state index is 12.5. The number of benzene rings is 1. The highest BCUT2D eigenvalue weighted by molar-refractivity contribution is 5.96. The number of nitrogens with one attached hydrogen (secondary N) is 1. The molecular formula is C20H22N2O2. The van der Waals surface area contributed by atoms with Crippen molar-refractivity contribution in [1.29, 1.82) is 0 Å². The molecule has 0 radical (unpaired) electrons. The van der Waals surface area contributed by atoms with Crippen molar-refractivity contribution in [2.75, 3.05) is 5.32 Å². The van der Waals surface area contributed by atoms with Crippen LogP contribution < -0.4 is 5.32 Å². The van der Waals surface area contributed by atoms with E-state index in [1.165, 1.54) is 11.1 Å². The average Bonchev–Trinajstić information content (AvgIpc) is 2.85. The molecule has 0 saturated carbocycles. The molecule has 2 aromatic heterocycles. The Hall–Kier alpha value is -2.62. The van der Waals surface area contributed by atoms with E-state index in [0.29, 0.717) is 0 Å². The van der Waals surface area contributed by atoms with Gasteiger partial charge < -0.3 is 9.73 Å². The van der Waals surface area contributed by atoms with Gasteiger partial charge in [0, 0.05) is 16.6 Å². The van der Waals surface area contributed by atoms with Gasteiger partial charge in [-0.05, 0) is 69.5 Å². The third-order valence-corrected chi connectivity index (χ3v) is 4.41. The Kier molecular flexibility index (Phi) is 4.14. The fourth-order valence-electron chi connectivity index (χ4n) is 3.04. The molecule has 4 nitrogen and oxygen atoms in total. The highest BCUT2D eigenvalue weighted by atomic mass is 16.3. The van der Waals surface area contributed by atoms with Crippen molar-refractivity contribution in [1.82, 2.24) is 4.98 Å². The van der Waals surface area contributed by atoms with Gasteiger partial charge in [0.15, 0.2) is 0 Å². The van der Waals surface area contributed by atoms with Gasteiger partial charge in [0.05, 0.1) is 24.1 Å². The molecule has 0 aliphatic heterocycles. The lowest BCUT2D eigenvalue weighted by atomic mass is 10.0. The minimum atomic E-state index is -0.0622. The molecule has 0 atom stereocenters. The van der Waals surface area contributed by atoms with Gasteiger partial charge in [-0.25, -0.2) is 0 Å². The number of aromatic nitrogens is 1. The van der Waals surface area contributed by atoms with Crippen LogP contribution in [0.4, 0.5) is 5.69 Å². The van der Waals surface area contributed by atoms with Crippen LogP contribution in [0.3, 0.4) is 0 Å². The van der Waals surface area contributed by atoms with Crippen molar-refractivity contribution < 1.29 is 9.21 Å². The molecule has 1 amide bonds. The van der Waals surface area contributed by atoms with Crippen molar-refractivity contribution in [3.63, 3.8) is 0 Å². The zero-order valence-corrected chi connectivity index (χ0v) is 14.8. The monoisotopic (exact) mass is 322 g/mol. The maximum Gasteiger partial charge on any atom is 0.228 e. The van der Waals surface area contributed by atoms with Gasteiger partial charge in [-0.2, -0.15) is 0 Å². The smallest absolute Gasteiger partial charge is 0.228 e. The Morgan fingerprint density at radius 3 is 2.46 bits per heavy atom. The van der Waals surface area contributed by atoms with E-state index in [2.05, 4.69) is 30.2 Å². The van der Waals surface area contributed by atoms with Crippen LogP contribution in [0.5, 0.6) is 0 Å². The minimum absolute atomic E-state index is 0.0622. The summed E-state index contributed by atoms with van der Waals surface area (Å²) < 4.78 is 5.61. The lowest BCUT2D eigenvalue weighted by molar-refractivity contribution is -0.115. The highest BCUT2D eigenvalue weighted by Crippen LogP contribution is 2.26. The number of carbonyl (C=O) groups is 1. The van der Waals surface area contributed by atoms with E-state index < -0.39 is 0 Å². The summed E-state index contributed by atoms with van der Waals surface area (Å²) in [6, 6.07) is 6.08. The summed E-state index contributed by atoms with van der Waals surface area (Å²) in [5.41, 5.74) is 7.72. The van der Waals surface area contributed by atoms with Crippen molar-refractivity contribution >= 4 is 22.6 Å². The molecule has 3 rings (SSSR count). The second-order valence-electron chi connectivity index (χ2n) is 6.46. The molecule has 4 heteroatoms. The predicted octanol–water partition coefficient (Wildman–Crippen LogP) is 4.55. The molecule has 0 aliphatic rings. The van der Waals surface area contributed by atoms with Gasteiger partial charge in [0.1, 0.15) is 5.58 Å². The van der Waals surface area contributed by atoms with Crippen LogP contribution in [0.1, 0.15) is 33.6 Å². The van der Waals surface area contributed by atoms with Crippen LogP contribution in [0.15, 0.2) is 28.9 Å². The first-order valence-corrected chi connectivity index (χ1v) is 8.07. The number of rotatable bonds is 3. The van der Waals surface area contributed by atoms with Crippen molar-refractivity contribution in [2.45, 2.75) is 41.0 Å². The Morgan fingerprint density at radius 1 is 1.04 bits per heavy atom. The number of nitrogens with zero attached hydrogens (tertiary/aromatic N) is 1. The van der Waals surface area contributed by atoms with Crippen LogP contribution >= 0.6 is 0 Å². The van der Waals surface area contributed by atoms with Gasteiger partial charge in [-0.3, -0.25) is 9.78 Å². The van der Waals surface area contributed by atoms with E-state index in [4.69, 9.17) is 4.42 Å². The summed E-state index contributed by atoms with van der Waals surface area (Å²) >= 11 is 0. The van der Waals surface area contributed by atoms with Gasteiger partial charge in [0.2, 0.25) is 5.91 Å². The standard InChI is InChI=1S/C20H22N2O2/c1-11-7-17-16(10-24-18(17)8-12(11)2)9-19(23)22-20-13(3)6-14(4)21-15(20)5/h6-8,10H,9H2,1-5H3,(H,22,23). The zero-order valence-electron chi connectivity index (χ0n) is 14.8. The SMILES string of the molecule is Cc1cc(C)c(NC(=O)Cc2coc3cc(C)c(C)cc23)c(C)n1. The summed E-state index contributed by atoms with van der Waals surface area (Å²) in [7, 11) is 0. The molecule has 2 heterocycles. The van der Waals surface area contributed by atoms with Gasteiger partial charge in [-0.1, -0.05) is 0 Å². The molecule has 0 aliphatic carbocycles. The first-order valence-electron chi connectivity index (χ1n) is 8.07. The van der Waals surface area contributed by atoms with Gasteiger partial charge in [-0.15, -0.1) is 0 Å². The number of pyridine rings is 1. The van der Waals surface area contributed by atoms with Crippen LogP contribution in [-0.2, 0) is 11.2 Å². The van der Waals surface area contributed by atoms with Crippen LogP contribution in [0, 0.1) is 34.6 Å². The Bertz CT molecular complexity index is 915. The second kappa shape index (κ2) is 6.11. The molecule has 1 N–H and O–H groups in total. The Balaban J connectivity index is 1.85. The largest absolute Gasteiger partial charge is 0.464 e. The molecule has 0 fully saturated rings. The number of fused-ring (bicyclic) bond motifs is 1. The van der Waals surface area contributed by atoms with Crippen LogP contribution in [0.2, 0.25) is 0 Å². The third-order valence-electron chi connectivity index (χ3n) is 4.41. The van der Waals surface area contributed by atoms with Crippen molar-refractivity contribution in [2.24, 2.45) is 0 Å². The first kappa shape index (κ1) is 16.2. The molecule has 3 aromatic rings. The van der Waals surface area contributed by atoms with E-state index in [1.54, 1.807) is 6.26 Å². The first-order chi connectivity index (χ1) is 11.3. The summed E-state index contributed by atoms with van der Waals surface area (Å²) in [5, 5.41) is 4.00. The topological polar surface area (TPSA) is 55.1 Å². The van der Waals surface area contributed by atoms with Gasteiger partial charge >= 0.3 is 0 Å². The Morgan fingerprint density at radius 2 is 1.75 bits per heavy atom. The van der Waals surface area contributed by atoms with E-state index >= 15 is 0 Å². The fourth-order valence-corrected chi connectivity index (χ4v) is 3.04. The molecule has 0 saturated heterocycles. The molecule has 1 aromatic carbocycles. The van der Waals surface area contributed by atoms with E-state index in [0.717, 1.165) is 39.2 Å².